The Morgan fingerprint density at radius 1 is 0.963 bits per heavy atom. The quantitative estimate of drug-likeness (QED) is 0.152. The Labute approximate surface area is 324 Å². The lowest BCUT2D eigenvalue weighted by Gasteiger charge is -2.39. The van der Waals surface area contributed by atoms with Gasteiger partial charge in [0.2, 0.25) is 11.8 Å². The van der Waals surface area contributed by atoms with E-state index in [-0.39, 0.29) is 25.0 Å². The Kier molecular flexibility index (Phi) is 13.4. The van der Waals surface area contributed by atoms with Crippen LogP contribution in [0.25, 0.3) is 33.6 Å². The van der Waals surface area contributed by atoms with Gasteiger partial charge in [-0.1, -0.05) is 53.5 Å². The van der Waals surface area contributed by atoms with Gasteiger partial charge in [0.05, 0.1) is 48.7 Å². The summed E-state index contributed by atoms with van der Waals surface area (Å²) in [5.41, 5.74) is 4.35. The molecule has 0 aliphatic carbocycles. The van der Waals surface area contributed by atoms with Crippen LogP contribution in [0.15, 0.2) is 60.8 Å². The average Bonchev–Trinajstić information content (AvgIpc) is 3.13. The fraction of sp³-hybridized carbons (Fsp3) is 0.400. The summed E-state index contributed by atoms with van der Waals surface area (Å²) in [6.45, 7) is 8.11. The number of benzene rings is 2. The zero-order chi connectivity index (χ0) is 39.2. The van der Waals surface area contributed by atoms with Crippen LogP contribution in [0.1, 0.15) is 51.7 Å². The summed E-state index contributed by atoms with van der Waals surface area (Å²) in [6.07, 6.45) is -0.0293. The molecule has 10 nitrogen and oxygen atoms in total. The monoisotopic (exact) mass is 783 g/mol. The van der Waals surface area contributed by atoms with Crippen molar-refractivity contribution in [2.75, 3.05) is 33.9 Å². The number of methoxy groups -OCH3 is 2. The van der Waals surface area contributed by atoms with E-state index in [4.69, 9.17) is 42.4 Å². The third kappa shape index (κ3) is 9.77. The van der Waals surface area contributed by atoms with E-state index >= 15 is 0 Å². The maximum absolute atomic E-state index is 13.5. The van der Waals surface area contributed by atoms with E-state index in [9.17, 15) is 18.4 Å². The third-order valence-electron chi connectivity index (χ3n) is 9.08. The lowest BCUT2D eigenvalue weighted by atomic mass is 9.99. The van der Waals surface area contributed by atoms with Crippen molar-refractivity contribution in [1.82, 2.24) is 25.1 Å². The van der Waals surface area contributed by atoms with Gasteiger partial charge in [-0.2, -0.15) is 0 Å². The van der Waals surface area contributed by atoms with Crippen LogP contribution >= 0.6 is 23.2 Å². The number of pyridine rings is 2. The molecular weight excluding hydrogens is 739 g/mol. The molecule has 1 N–H and O–H groups in total. The summed E-state index contributed by atoms with van der Waals surface area (Å²) >= 11 is 14.1. The number of likely N-dealkylation sites (tertiary alicyclic amines) is 1. The van der Waals surface area contributed by atoms with Crippen LogP contribution in [0, 0.1) is 0 Å². The lowest BCUT2D eigenvalue weighted by Crippen LogP contribution is -2.49. The van der Waals surface area contributed by atoms with Crippen molar-refractivity contribution in [3.05, 3.63) is 82.0 Å². The fourth-order valence-corrected chi connectivity index (χ4v) is 7.05. The highest BCUT2D eigenvalue weighted by molar-refractivity contribution is 6.39. The first-order valence-electron chi connectivity index (χ1n) is 17.6. The van der Waals surface area contributed by atoms with Gasteiger partial charge >= 0.3 is 6.09 Å². The molecule has 0 spiro atoms. The number of amides is 2. The molecule has 1 saturated heterocycles. The molecule has 54 heavy (non-hydrogen) atoms. The molecule has 4 aromatic rings. The van der Waals surface area contributed by atoms with Crippen molar-refractivity contribution in [2.45, 2.75) is 71.7 Å². The second-order valence-corrected chi connectivity index (χ2v) is 14.7. The van der Waals surface area contributed by atoms with Crippen LogP contribution in [0.2, 0.25) is 10.0 Å². The summed E-state index contributed by atoms with van der Waals surface area (Å²) in [4.78, 5) is 38.3. The van der Waals surface area contributed by atoms with E-state index in [1.165, 1.54) is 14.2 Å². The van der Waals surface area contributed by atoms with Gasteiger partial charge in [-0.25, -0.2) is 18.6 Å². The number of aromatic nitrogens is 2. The summed E-state index contributed by atoms with van der Waals surface area (Å²) in [5.74, 6) is 0.850. The molecule has 1 aliphatic rings. The number of alkyl halides is 2. The van der Waals surface area contributed by atoms with Crippen molar-refractivity contribution in [1.29, 1.82) is 0 Å². The minimum atomic E-state index is -2.46. The summed E-state index contributed by atoms with van der Waals surface area (Å²) in [6, 6.07) is 16.3. The summed E-state index contributed by atoms with van der Waals surface area (Å²) < 4.78 is 42.4. The molecule has 0 unspecified atom stereocenters. The molecule has 0 saturated carbocycles. The maximum Gasteiger partial charge on any atom is 0.410 e. The van der Waals surface area contributed by atoms with Crippen LogP contribution in [0.5, 0.6) is 11.6 Å². The summed E-state index contributed by atoms with van der Waals surface area (Å²) in [5, 5.41) is 3.49. The fourth-order valence-electron chi connectivity index (χ4n) is 6.40. The van der Waals surface area contributed by atoms with Gasteiger partial charge in [-0.3, -0.25) is 9.78 Å². The van der Waals surface area contributed by atoms with Gasteiger partial charge in [0, 0.05) is 72.2 Å². The molecular formula is C40H45Cl2F2N5O5. The largest absolute Gasteiger partial charge is 0.496 e. The maximum atomic E-state index is 13.5. The van der Waals surface area contributed by atoms with E-state index in [1.807, 2.05) is 57.2 Å². The van der Waals surface area contributed by atoms with Crippen LogP contribution < -0.4 is 14.8 Å². The first kappa shape index (κ1) is 40.7. The second-order valence-electron chi connectivity index (χ2n) is 13.9. The standard InChI is InChI=1S/C40H45Cl2F2N5O5/c1-24(50)48-18-15-28(16-19-48)49(39(51)54-40(2,3)4)23-27-12-13-32(47-38(27)53-6)31-9-7-8-29(35(31)41)30-14-17-46-37(36(30)42)25-10-11-26(33(20-25)52-5)21-45-22-34(43)44/h7-14,17,20,28,34,45H,15-16,18-19,21-23H2,1-6H3. The number of nitrogens with one attached hydrogen (secondary N) is 1. The van der Waals surface area contributed by atoms with Gasteiger partial charge in [0.25, 0.3) is 6.43 Å². The van der Waals surface area contributed by atoms with Crippen molar-refractivity contribution < 1.29 is 32.6 Å². The molecule has 1 aliphatic heterocycles. The van der Waals surface area contributed by atoms with E-state index < -0.39 is 24.7 Å². The van der Waals surface area contributed by atoms with Crippen LogP contribution in [-0.2, 0) is 22.6 Å². The average molecular weight is 785 g/mol. The normalized spacial score (nSPS) is 13.6. The predicted octanol–water partition coefficient (Wildman–Crippen LogP) is 8.90. The molecule has 14 heteroatoms. The second kappa shape index (κ2) is 17.7. The van der Waals surface area contributed by atoms with Gasteiger partial charge in [-0.05, 0) is 57.9 Å². The number of rotatable bonds is 12. The van der Waals surface area contributed by atoms with Crippen LogP contribution in [0.3, 0.4) is 0 Å². The van der Waals surface area contributed by atoms with Crippen molar-refractivity contribution in [3.8, 4) is 45.3 Å². The number of piperidine rings is 1. The van der Waals surface area contributed by atoms with Crippen molar-refractivity contribution >= 4 is 35.2 Å². The Balaban J connectivity index is 1.44. The zero-order valence-corrected chi connectivity index (χ0v) is 32.7. The highest BCUT2D eigenvalue weighted by Gasteiger charge is 2.33. The molecule has 5 rings (SSSR count). The third-order valence-corrected chi connectivity index (χ3v) is 9.87. The van der Waals surface area contributed by atoms with Crippen LogP contribution in [-0.4, -0.2) is 83.7 Å². The number of hydrogen-bond acceptors (Lipinski definition) is 8. The molecule has 2 amide bonds. The smallest absolute Gasteiger partial charge is 0.410 e. The van der Waals surface area contributed by atoms with Crippen molar-refractivity contribution in [3.63, 3.8) is 0 Å². The molecule has 288 valence electrons. The van der Waals surface area contributed by atoms with Gasteiger partial charge in [0.15, 0.2) is 0 Å². The first-order valence-corrected chi connectivity index (χ1v) is 18.3. The highest BCUT2D eigenvalue weighted by atomic mass is 35.5. The number of hydrogen-bond donors (Lipinski definition) is 1. The number of ether oxygens (including phenoxy) is 3. The molecule has 2 aromatic carbocycles. The molecule has 1 fully saturated rings. The Hall–Kier alpha value is -4.52. The number of halogens is 4. The minimum absolute atomic E-state index is 0.0140. The predicted molar refractivity (Wildman–Crippen MR) is 206 cm³/mol. The van der Waals surface area contributed by atoms with Gasteiger partial charge in [0.1, 0.15) is 11.4 Å². The number of carbonyl (C=O) groups is 2. The molecule has 0 atom stereocenters. The molecule has 0 bridgehead atoms. The Bertz CT molecular complexity index is 1970. The molecule has 3 heterocycles. The SMILES string of the molecule is COc1cc(-c2nccc(-c3cccc(-c4ccc(CN(C(=O)OC(C)(C)C)C5CCN(C(C)=O)CC5)c(OC)n4)c3Cl)c2Cl)ccc1CNCC(F)F. The Morgan fingerprint density at radius 2 is 1.65 bits per heavy atom. The highest BCUT2D eigenvalue weighted by Crippen LogP contribution is 2.42. The molecule has 0 radical (unpaired) electrons. The zero-order valence-electron chi connectivity index (χ0n) is 31.2. The number of nitrogens with zero attached hydrogens (tertiary/aromatic N) is 4. The molecule has 2 aromatic heterocycles. The van der Waals surface area contributed by atoms with E-state index in [1.54, 1.807) is 41.1 Å². The van der Waals surface area contributed by atoms with Gasteiger partial charge < -0.3 is 29.3 Å². The Morgan fingerprint density at radius 3 is 2.30 bits per heavy atom. The first-order chi connectivity index (χ1) is 25.7. The van der Waals surface area contributed by atoms with Crippen molar-refractivity contribution in [2.24, 2.45) is 0 Å². The van der Waals surface area contributed by atoms with E-state index in [0.717, 1.165) is 0 Å². The lowest BCUT2D eigenvalue weighted by molar-refractivity contribution is -0.130. The van der Waals surface area contributed by atoms with Gasteiger partial charge in [-0.15, -0.1) is 0 Å². The summed E-state index contributed by atoms with van der Waals surface area (Å²) in [7, 11) is 3.04. The number of carbonyl (C=O) groups excluding carboxylic acids is 2. The van der Waals surface area contributed by atoms with E-state index in [0.29, 0.717) is 92.4 Å². The van der Waals surface area contributed by atoms with Crippen LogP contribution in [0.4, 0.5) is 13.6 Å². The topological polar surface area (TPSA) is 106 Å². The van der Waals surface area contributed by atoms with E-state index in [2.05, 4.69) is 10.3 Å². The minimum Gasteiger partial charge on any atom is -0.496 e.